The third-order valence-electron chi connectivity index (χ3n) is 4.35. The van der Waals surface area contributed by atoms with Crippen LogP contribution in [0, 0.1) is 13.8 Å². The Hall–Kier alpha value is -2.43. The summed E-state index contributed by atoms with van der Waals surface area (Å²) in [5.74, 6) is -0.0465. The second-order valence-electron chi connectivity index (χ2n) is 6.62. The van der Waals surface area contributed by atoms with Crippen LogP contribution in [-0.4, -0.2) is 29.4 Å². The first-order valence-corrected chi connectivity index (χ1v) is 8.90. The van der Waals surface area contributed by atoms with E-state index in [1.165, 1.54) is 0 Å². The first-order valence-electron chi connectivity index (χ1n) is 8.53. The predicted molar refractivity (Wildman–Crippen MR) is 108 cm³/mol. The van der Waals surface area contributed by atoms with E-state index < -0.39 is 0 Å². The van der Waals surface area contributed by atoms with Gasteiger partial charge < -0.3 is 5.32 Å². The number of aromatic nitrogens is 1. The average Bonchev–Trinajstić information content (AvgIpc) is 2.59. The van der Waals surface area contributed by atoms with E-state index >= 15 is 0 Å². The number of hydrogen-bond acceptors (Lipinski definition) is 3. The summed E-state index contributed by atoms with van der Waals surface area (Å²) in [6, 6.07) is 15.9. The zero-order valence-corrected chi connectivity index (χ0v) is 16.0. The number of halogens is 1. The Kier molecular flexibility index (Phi) is 5.55. The molecule has 4 nitrogen and oxygen atoms in total. The molecule has 0 saturated heterocycles. The van der Waals surface area contributed by atoms with Crippen molar-refractivity contribution in [1.29, 1.82) is 0 Å². The molecule has 0 atom stereocenters. The largest absolute Gasteiger partial charge is 0.324 e. The van der Waals surface area contributed by atoms with Gasteiger partial charge in [-0.1, -0.05) is 48.0 Å². The van der Waals surface area contributed by atoms with Crippen LogP contribution in [0.1, 0.15) is 16.7 Å². The van der Waals surface area contributed by atoms with Crippen LogP contribution in [0.3, 0.4) is 0 Å². The van der Waals surface area contributed by atoms with Crippen LogP contribution < -0.4 is 5.32 Å². The molecule has 0 spiro atoms. The van der Waals surface area contributed by atoms with Crippen molar-refractivity contribution in [3.8, 4) is 0 Å². The fourth-order valence-corrected chi connectivity index (χ4v) is 3.23. The summed E-state index contributed by atoms with van der Waals surface area (Å²) in [6.45, 7) is 4.81. The Morgan fingerprint density at radius 2 is 1.81 bits per heavy atom. The summed E-state index contributed by atoms with van der Waals surface area (Å²) in [5.41, 5.74) is 4.78. The first-order chi connectivity index (χ1) is 12.4. The number of fused-ring (bicyclic) bond motifs is 1. The summed E-state index contributed by atoms with van der Waals surface area (Å²) in [5, 5.41) is 4.53. The number of para-hydroxylation sites is 2. The molecule has 0 radical (unpaired) electrons. The molecule has 2 aromatic carbocycles. The van der Waals surface area contributed by atoms with Crippen molar-refractivity contribution < 1.29 is 4.79 Å². The molecule has 1 heterocycles. The molecular weight excluding hydrogens is 346 g/mol. The summed E-state index contributed by atoms with van der Waals surface area (Å²) in [7, 11) is 1.90. The Morgan fingerprint density at radius 1 is 1.12 bits per heavy atom. The number of carbonyl (C=O) groups is 1. The number of pyridine rings is 1. The van der Waals surface area contributed by atoms with Gasteiger partial charge in [-0.25, -0.2) is 4.98 Å². The maximum absolute atomic E-state index is 12.4. The molecule has 1 amide bonds. The molecule has 0 aliphatic rings. The molecular formula is C21H22ClN3O. The van der Waals surface area contributed by atoms with Gasteiger partial charge in [0.15, 0.2) is 0 Å². The highest BCUT2D eigenvalue weighted by Gasteiger charge is 2.12. The molecule has 0 aliphatic carbocycles. The number of carbonyl (C=O) groups excluding carboxylic acids is 1. The van der Waals surface area contributed by atoms with E-state index in [1.807, 2.05) is 74.3 Å². The van der Waals surface area contributed by atoms with Crippen LogP contribution in [0.2, 0.25) is 5.15 Å². The van der Waals surface area contributed by atoms with E-state index in [4.69, 9.17) is 11.6 Å². The third-order valence-corrected chi connectivity index (χ3v) is 4.68. The number of nitrogens with zero attached hydrogens (tertiary/aromatic N) is 2. The van der Waals surface area contributed by atoms with Gasteiger partial charge in [0.1, 0.15) is 5.15 Å². The Labute approximate surface area is 158 Å². The van der Waals surface area contributed by atoms with Crippen molar-refractivity contribution in [3.05, 3.63) is 70.4 Å². The SMILES string of the molecule is Cc1cccc(C)c1NC(=O)CN(C)Cc1cc2ccccc2nc1Cl. The van der Waals surface area contributed by atoms with Crippen LogP contribution >= 0.6 is 11.6 Å². The zero-order valence-electron chi connectivity index (χ0n) is 15.2. The summed E-state index contributed by atoms with van der Waals surface area (Å²) in [4.78, 5) is 18.8. The second-order valence-corrected chi connectivity index (χ2v) is 6.98. The van der Waals surface area contributed by atoms with Gasteiger partial charge in [0.25, 0.3) is 0 Å². The average molecular weight is 368 g/mol. The van der Waals surface area contributed by atoms with Gasteiger partial charge in [-0.2, -0.15) is 0 Å². The van der Waals surface area contributed by atoms with E-state index in [0.29, 0.717) is 11.7 Å². The highest BCUT2D eigenvalue weighted by Crippen LogP contribution is 2.22. The van der Waals surface area contributed by atoms with Crippen LogP contribution in [0.25, 0.3) is 10.9 Å². The van der Waals surface area contributed by atoms with Crippen LogP contribution in [0.4, 0.5) is 5.69 Å². The third kappa shape index (κ3) is 4.21. The van der Waals surface area contributed by atoms with Crippen LogP contribution in [-0.2, 0) is 11.3 Å². The topological polar surface area (TPSA) is 45.2 Å². The monoisotopic (exact) mass is 367 g/mol. The fraction of sp³-hybridized carbons (Fsp3) is 0.238. The number of hydrogen-bond donors (Lipinski definition) is 1. The summed E-state index contributed by atoms with van der Waals surface area (Å²) >= 11 is 6.32. The Bertz CT molecular complexity index is 935. The molecule has 0 fully saturated rings. The van der Waals surface area contributed by atoms with Gasteiger partial charge in [-0.15, -0.1) is 0 Å². The van der Waals surface area contributed by atoms with Crippen molar-refractivity contribution in [3.63, 3.8) is 0 Å². The molecule has 3 rings (SSSR count). The molecule has 0 saturated carbocycles. The maximum Gasteiger partial charge on any atom is 0.238 e. The number of anilines is 1. The van der Waals surface area contributed by atoms with Gasteiger partial charge >= 0.3 is 0 Å². The smallest absolute Gasteiger partial charge is 0.238 e. The molecule has 3 aromatic rings. The molecule has 0 unspecified atom stereocenters. The van der Waals surface area contributed by atoms with Crippen molar-refractivity contribution in [2.45, 2.75) is 20.4 Å². The van der Waals surface area contributed by atoms with Crippen LogP contribution in [0.15, 0.2) is 48.5 Å². The molecule has 134 valence electrons. The van der Waals surface area contributed by atoms with Crippen molar-refractivity contribution in [2.24, 2.45) is 0 Å². The number of nitrogens with one attached hydrogen (secondary N) is 1. The van der Waals surface area contributed by atoms with E-state index in [0.717, 1.165) is 33.3 Å². The van der Waals surface area contributed by atoms with Crippen LogP contribution in [0.5, 0.6) is 0 Å². The molecule has 1 N–H and O–H groups in total. The highest BCUT2D eigenvalue weighted by molar-refractivity contribution is 6.30. The number of amides is 1. The Morgan fingerprint density at radius 3 is 2.54 bits per heavy atom. The number of likely N-dealkylation sites (N-methyl/N-ethyl adjacent to an activating group) is 1. The molecule has 26 heavy (non-hydrogen) atoms. The minimum atomic E-state index is -0.0465. The van der Waals surface area contributed by atoms with Gasteiger partial charge in [0, 0.05) is 23.2 Å². The normalized spacial score (nSPS) is 11.1. The van der Waals surface area contributed by atoms with E-state index in [1.54, 1.807) is 0 Å². The lowest BCUT2D eigenvalue weighted by atomic mass is 10.1. The highest BCUT2D eigenvalue weighted by atomic mass is 35.5. The number of aryl methyl sites for hydroxylation is 2. The predicted octanol–water partition coefficient (Wildman–Crippen LogP) is 4.58. The molecule has 5 heteroatoms. The minimum Gasteiger partial charge on any atom is -0.324 e. The van der Waals surface area contributed by atoms with Crippen molar-refractivity contribution in [2.75, 3.05) is 18.9 Å². The lowest BCUT2D eigenvalue weighted by molar-refractivity contribution is -0.117. The first kappa shape index (κ1) is 18.4. The quantitative estimate of drug-likeness (QED) is 0.671. The Balaban J connectivity index is 1.68. The molecule has 0 bridgehead atoms. The summed E-state index contributed by atoms with van der Waals surface area (Å²) < 4.78 is 0. The minimum absolute atomic E-state index is 0.0465. The van der Waals surface area contributed by atoms with E-state index in [9.17, 15) is 4.79 Å². The van der Waals surface area contributed by atoms with E-state index in [-0.39, 0.29) is 12.5 Å². The lowest BCUT2D eigenvalue weighted by Crippen LogP contribution is -2.30. The standard InChI is InChI=1S/C21H22ClN3O/c1-14-7-6-8-15(2)20(14)24-19(26)13-25(3)12-17-11-16-9-4-5-10-18(16)23-21(17)22/h4-11H,12-13H2,1-3H3,(H,24,26). The number of rotatable bonds is 5. The van der Waals surface area contributed by atoms with E-state index in [2.05, 4.69) is 10.3 Å². The fourth-order valence-electron chi connectivity index (χ4n) is 3.03. The summed E-state index contributed by atoms with van der Waals surface area (Å²) in [6.07, 6.45) is 0. The second kappa shape index (κ2) is 7.85. The van der Waals surface area contributed by atoms with Gasteiger partial charge in [-0.3, -0.25) is 9.69 Å². The van der Waals surface area contributed by atoms with Crippen molar-refractivity contribution >= 4 is 34.1 Å². The van der Waals surface area contributed by atoms with Gasteiger partial charge in [-0.05, 0) is 44.2 Å². The van der Waals surface area contributed by atoms with Gasteiger partial charge in [0.05, 0.1) is 12.1 Å². The number of benzene rings is 2. The lowest BCUT2D eigenvalue weighted by Gasteiger charge is -2.18. The van der Waals surface area contributed by atoms with Gasteiger partial charge in [0.2, 0.25) is 5.91 Å². The van der Waals surface area contributed by atoms with Crippen molar-refractivity contribution in [1.82, 2.24) is 9.88 Å². The zero-order chi connectivity index (χ0) is 18.7. The maximum atomic E-state index is 12.4. The molecule has 0 aliphatic heterocycles. The molecule has 1 aromatic heterocycles.